The van der Waals surface area contributed by atoms with Crippen molar-refractivity contribution in [3.63, 3.8) is 0 Å². The summed E-state index contributed by atoms with van der Waals surface area (Å²) < 4.78 is 7.50. The van der Waals surface area contributed by atoms with E-state index in [0.717, 1.165) is 11.3 Å². The van der Waals surface area contributed by atoms with Crippen molar-refractivity contribution < 1.29 is 9.53 Å². The molecule has 0 saturated carbocycles. The third-order valence-corrected chi connectivity index (χ3v) is 3.40. The predicted octanol–water partition coefficient (Wildman–Crippen LogP) is 1.90. The molecule has 0 unspecified atom stereocenters. The van der Waals surface area contributed by atoms with Gasteiger partial charge in [-0.3, -0.25) is 4.79 Å². The lowest BCUT2D eigenvalue weighted by atomic mass is 10.2. The zero-order valence-corrected chi connectivity index (χ0v) is 13.1. The van der Waals surface area contributed by atoms with Crippen LogP contribution in [0.15, 0.2) is 36.9 Å². The van der Waals surface area contributed by atoms with Crippen LogP contribution < -0.4 is 4.74 Å². The zero-order valence-electron chi connectivity index (χ0n) is 13.1. The summed E-state index contributed by atoms with van der Waals surface area (Å²) in [5, 5.41) is 7.45. The Balaban J connectivity index is 1.75. The number of likely N-dealkylation sites (N-methyl/N-ethyl adjacent to an activating group) is 1. The van der Waals surface area contributed by atoms with E-state index in [0.29, 0.717) is 32.7 Å². The van der Waals surface area contributed by atoms with E-state index in [1.54, 1.807) is 22.1 Å². The van der Waals surface area contributed by atoms with Crippen LogP contribution in [0.5, 0.6) is 5.75 Å². The van der Waals surface area contributed by atoms with Gasteiger partial charge in [-0.1, -0.05) is 12.1 Å². The lowest BCUT2D eigenvalue weighted by Crippen LogP contribution is -2.34. The first-order chi connectivity index (χ1) is 10.7. The smallest absolute Gasteiger partial charge is 0.224 e. The number of aryl methyl sites for hydroxylation is 2. The van der Waals surface area contributed by atoms with Gasteiger partial charge in [-0.05, 0) is 31.5 Å². The highest BCUT2D eigenvalue weighted by molar-refractivity contribution is 5.76. The molecule has 6 nitrogen and oxygen atoms in total. The minimum Gasteiger partial charge on any atom is -0.492 e. The first-order valence-electron chi connectivity index (χ1n) is 7.48. The third-order valence-electron chi connectivity index (χ3n) is 3.40. The van der Waals surface area contributed by atoms with E-state index in [2.05, 4.69) is 10.2 Å². The Labute approximate surface area is 130 Å². The van der Waals surface area contributed by atoms with Gasteiger partial charge in [0.05, 0.1) is 6.54 Å². The molecule has 0 aliphatic carbocycles. The van der Waals surface area contributed by atoms with Crippen molar-refractivity contribution >= 4 is 5.91 Å². The van der Waals surface area contributed by atoms with E-state index in [1.165, 1.54) is 0 Å². The van der Waals surface area contributed by atoms with E-state index in [1.807, 2.05) is 38.1 Å². The summed E-state index contributed by atoms with van der Waals surface area (Å²) in [5.41, 5.74) is 1.16. The van der Waals surface area contributed by atoms with Crippen molar-refractivity contribution in [3.8, 4) is 5.75 Å². The lowest BCUT2D eigenvalue weighted by Gasteiger charge is -2.21. The minimum absolute atomic E-state index is 0.115. The standard InChI is InChI=1S/C16H22N4O2/c1-3-20(16(21)7-8-19-12-17-18-13-19)9-10-22-15-6-4-5-14(2)11-15/h4-6,11-13H,3,7-10H2,1-2H3. The molecule has 1 aromatic carbocycles. The predicted molar refractivity (Wildman–Crippen MR) is 83.6 cm³/mol. The van der Waals surface area contributed by atoms with Crippen LogP contribution in [0.1, 0.15) is 18.9 Å². The molecular formula is C16H22N4O2. The van der Waals surface area contributed by atoms with Gasteiger partial charge in [-0.15, -0.1) is 10.2 Å². The van der Waals surface area contributed by atoms with Crippen LogP contribution in [-0.2, 0) is 11.3 Å². The number of hydrogen-bond acceptors (Lipinski definition) is 4. The Hall–Kier alpha value is -2.37. The molecule has 1 heterocycles. The van der Waals surface area contributed by atoms with Gasteiger partial charge in [0.15, 0.2) is 0 Å². The molecule has 118 valence electrons. The average molecular weight is 302 g/mol. The fourth-order valence-electron chi connectivity index (χ4n) is 2.16. The van der Waals surface area contributed by atoms with Crippen molar-refractivity contribution in [2.24, 2.45) is 0 Å². The van der Waals surface area contributed by atoms with Crippen molar-refractivity contribution in [2.45, 2.75) is 26.8 Å². The van der Waals surface area contributed by atoms with E-state index in [9.17, 15) is 4.79 Å². The van der Waals surface area contributed by atoms with Crippen molar-refractivity contribution in [1.29, 1.82) is 0 Å². The van der Waals surface area contributed by atoms with Crippen LogP contribution in [0.2, 0.25) is 0 Å². The molecule has 0 bridgehead atoms. The van der Waals surface area contributed by atoms with Gasteiger partial charge in [0.1, 0.15) is 25.0 Å². The maximum absolute atomic E-state index is 12.2. The van der Waals surface area contributed by atoms with Crippen LogP contribution in [0.4, 0.5) is 0 Å². The number of amides is 1. The molecule has 2 aromatic rings. The lowest BCUT2D eigenvalue weighted by molar-refractivity contribution is -0.131. The Kier molecular flexibility index (Phi) is 5.94. The first-order valence-corrected chi connectivity index (χ1v) is 7.48. The second kappa shape index (κ2) is 8.17. The Morgan fingerprint density at radius 3 is 2.77 bits per heavy atom. The summed E-state index contributed by atoms with van der Waals surface area (Å²) in [6.45, 7) is 6.36. The van der Waals surface area contributed by atoms with Crippen LogP contribution in [0, 0.1) is 6.92 Å². The number of rotatable bonds is 8. The van der Waals surface area contributed by atoms with Gasteiger partial charge < -0.3 is 14.2 Å². The molecule has 0 spiro atoms. The quantitative estimate of drug-likeness (QED) is 0.747. The highest BCUT2D eigenvalue weighted by atomic mass is 16.5. The molecular weight excluding hydrogens is 280 g/mol. The maximum Gasteiger partial charge on any atom is 0.224 e. The number of aromatic nitrogens is 3. The summed E-state index contributed by atoms with van der Waals surface area (Å²) in [6, 6.07) is 7.91. The minimum atomic E-state index is 0.115. The Bertz CT molecular complexity index is 584. The number of carbonyl (C=O) groups excluding carboxylic acids is 1. The summed E-state index contributed by atoms with van der Waals surface area (Å²) in [5.74, 6) is 0.956. The number of nitrogens with zero attached hydrogens (tertiary/aromatic N) is 4. The van der Waals surface area contributed by atoms with E-state index < -0.39 is 0 Å². The Morgan fingerprint density at radius 2 is 2.09 bits per heavy atom. The molecule has 2 rings (SSSR count). The largest absolute Gasteiger partial charge is 0.492 e. The fraction of sp³-hybridized carbons (Fsp3) is 0.438. The third kappa shape index (κ3) is 4.87. The molecule has 0 N–H and O–H groups in total. The summed E-state index contributed by atoms with van der Waals surface area (Å²) >= 11 is 0. The topological polar surface area (TPSA) is 60.2 Å². The first kappa shape index (κ1) is 16.0. The Morgan fingerprint density at radius 1 is 1.32 bits per heavy atom. The molecule has 0 fully saturated rings. The zero-order chi connectivity index (χ0) is 15.8. The van der Waals surface area contributed by atoms with E-state index in [4.69, 9.17) is 4.74 Å². The van der Waals surface area contributed by atoms with Crippen LogP contribution >= 0.6 is 0 Å². The second-order valence-electron chi connectivity index (χ2n) is 5.09. The van der Waals surface area contributed by atoms with Gasteiger partial charge >= 0.3 is 0 Å². The SMILES string of the molecule is CCN(CCOc1cccc(C)c1)C(=O)CCn1cnnc1. The summed E-state index contributed by atoms with van der Waals surface area (Å²) in [7, 11) is 0. The molecule has 0 atom stereocenters. The highest BCUT2D eigenvalue weighted by Crippen LogP contribution is 2.12. The van der Waals surface area contributed by atoms with Crippen molar-refractivity contribution in [2.75, 3.05) is 19.7 Å². The van der Waals surface area contributed by atoms with E-state index in [-0.39, 0.29) is 5.91 Å². The molecule has 0 saturated heterocycles. The number of ether oxygens (including phenoxy) is 1. The van der Waals surface area contributed by atoms with Gasteiger partial charge in [0.2, 0.25) is 5.91 Å². The molecule has 0 aliphatic rings. The molecule has 6 heteroatoms. The van der Waals surface area contributed by atoms with Gasteiger partial charge in [0.25, 0.3) is 0 Å². The normalized spacial score (nSPS) is 10.5. The fourth-order valence-corrected chi connectivity index (χ4v) is 2.16. The van der Waals surface area contributed by atoms with Gasteiger partial charge in [-0.25, -0.2) is 0 Å². The molecule has 0 radical (unpaired) electrons. The molecule has 22 heavy (non-hydrogen) atoms. The second-order valence-corrected chi connectivity index (χ2v) is 5.09. The summed E-state index contributed by atoms with van der Waals surface area (Å²) in [4.78, 5) is 14.0. The number of hydrogen-bond donors (Lipinski definition) is 0. The molecule has 1 amide bonds. The monoisotopic (exact) mass is 302 g/mol. The van der Waals surface area contributed by atoms with Crippen LogP contribution in [0.3, 0.4) is 0 Å². The average Bonchev–Trinajstić information content (AvgIpc) is 3.03. The van der Waals surface area contributed by atoms with Crippen LogP contribution in [0.25, 0.3) is 0 Å². The maximum atomic E-state index is 12.2. The number of carbonyl (C=O) groups is 1. The summed E-state index contributed by atoms with van der Waals surface area (Å²) in [6.07, 6.45) is 3.67. The molecule has 0 aliphatic heterocycles. The molecule has 1 aromatic heterocycles. The van der Waals surface area contributed by atoms with Crippen molar-refractivity contribution in [3.05, 3.63) is 42.5 Å². The van der Waals surface area contributed by atoms with Crippen LogP contribution in [-0.4, -0.2) is 45.3 Å². The van der Waals surface area contributed by atoms with Gasteiger partial charge in [-0.2, -0.15) is 0 Å². The van der Waals surface area contributed by atoms with Gasteiger partial charge in [0, 0.05) is 19.5 Å². The highest BCUT2D eigenvalue weighted by Gasteiger charge is 2.11. The van der Waals surface area contributed by atoms with Crippen molar-refractivity contribution in [1.82, 2.24) is 19.7 Å². The number of benzene rings is 1. The van der Waals surface area contributed by atoms with E-state index >= 15 is 0 Å².